The van der Waals surface area contributed by atoms with Gasteiger partial charge in [0.05, 0.1) is 31.2 Å². The minimum Gasteiger partial charge on any atom is -0.497 e. The maximum Gasteiger partial charge on any atom is 0.263 e. The molecule has 1 heterocycles. The third-order valence-corrected chi connectivity index (χ3v) is 5.88. The van der Waals surface area contributed by atoms with Crippen molar-refractivity contribution in [1.29, 1.82) is 0 Å². The van der Waals surface area contributed by atoms with E-state index in [2.05, 4.69) is 19.6 Å². The van der Waals surface area contributed by atoms with Crippen LogP contribution in [0, 0.1) is 0 Å². The molecule has 0 saturated heterocycles. The van der Waals surface area contributed by atoms with E-state index < -0.39 is 10.0 Å². The zero-order valence-electron chi connectivity index (χ0n) is 18.0. The molecule has 0 atom stereocenters. The summed E-state index contributed by atoms with van der Waals surface area (Å²) in [7, 11) is 3.19. The predicted octanol–water partition coefficient (Wildman–Crippen LogP) is 2.78. The zero-order valence-corrected chi connectivity index (χ0v) is 18.8. The molecule has 0 saturated carbocycles. The fraction of sp³-hybridized carbons (Fsp3) is 0.333. The molecule has 0 bridgehead atoms. The molecule has 0 aliphatic rings. The van der Waals surface area contributed by atoms with Gasteiger partial charge in [0.1, 0.15) is 12.1 Å². The number of sulfonamides is 1. The van der Waals surface area contributed by atoms with E-state index in [0.29, 0.717) is 34.8 Å². The summed E-state index contributed by atoms with van der Waals surface area (Å²) >= 11 is 0. The standard InChI is InChI=1S/C21H26N4O5S/c1-25(2)10-5-11-30-20-13-18-17(12-19(20)29-4)21(23-14-22-18)24-31(26,27)16-8-6-15(28-3)7-9-16/h6-9,12-14H,5,10-11H2,1-4H3,(H,22,23,24). The summed E-state index contributed by atoms with van der Waals surface area (Å²) < 4.78 is 44.6. The van der Waals surface area contributed by atoms with Crippen LogP contribution < -0.4 is 18.9 Å². The minimum atomic E-state index is -3.86. The molecule has 3 aromatic rings. The fourth-order valence-corrected chi connectivity index (χ4v) is 3.95. The third-order valence-electron chi connectivity index (χ3n) is 4.53. The molecule has 3 rings (SSSR count). The number of ether oxygens (including phenoxy) is 3. The Morgan fingerprint density at radius 3 is 2.39 bits per heavy atom. The largest absolute Gasteiger partial charge is 0.497 e. The first-order valence-electron chi connectivity index (χ1n) is 9.61. The number of anilines is 1. The number of hydrogen-bond donors (Lipinski definition) is 1. The second-order valence-corrected chi connectivity index (χ2v) is 8.71. The van der Waals surface area contributed by atoms with Crippen molar-refractivity contribution in [3.05, 3.63) is 42.7 Å². The molecule has 166 valence electrons. The van der Waals surface area contributed by atoms with Gasteiger partial charge >= 0.3 is 0 Å². The van der Waals surface area contributed by atoms with Crippen LogP contribution in [0.2, 0.25) is 0 Å². The van der Waals surface area contributed by atoms with Crippen molar-refractivity contribution in [2.45, 2.75) is 11.3 Å². The topological polar surface area (TPSA) is 103 Å². The van der Waals surface area contributed by atoms with Gasteiger partial charge < -0.3 is 19.1 Å². The Morgan fingerprint density at radius 1 is 1.00 bits per heavy atom. The second-order valence-electron chi connectivity index (χ2n) is 7.03. The molecule has 2 aromatic carbocycles. The molecule has 0 amide bonds. The molecule has 9 nitrogen and oxygen atoms in total. The minimum absolute atomic E-state index is 0.0906. The number of hydrogen-bond acceptors (Lipinski definition) is 8. The van der Waals surface area contributed by atoms with E-state index in [-0.39, 0.29) is 10.7 Å². The lowest BCUT2D eigenvalue weighted by Gasteiger charge is -2.15. The van der Waals surface area contributed by atoms with Gasteiger partial charge in [-0.1, -0.05) is 0 Å². The number of rotatable bonds is 10. The molecular weight excluding hydrogens is 420 g/mol. The number of fused-ring (bicyclic) bond motifs is 1. The lowest BCUT2D eigenvalue weighted by Crippen LogP contribution is -2.15. The summed E-state index contributed by atoms with van der Waals surface area (Å²) in [6.45, 7) is 1.41. The summed E-state index contributed by atoms with van der Waals surface area (Å²) in [5.74, 6) is 1.72. The Morgan fingerprint density at radius 2 is 1.74 bits per heavy atom. The maximum absolute atomic E-state index is 12.8. The number of benzene rings is 2. The Hall–Kier alpha value is -3.11. The third kappa shape index (κ3) is 5.53. The van der Waals surface area contributed by atoms with Gasteiger partial charge in [-0.05, 0) is 50.8 Å². The fourth-order valence-electron chi connectivity index (χ4n) is 2.92. The van der Waals surface area contributed by atoms with Gasteiger partial charge in [-0.3, -0.25) is 4.72 Å². The Labute approximate surface area is 182 Å². The van der Waals surface area contributed by atoms with Gasteiger partial charge in [0.2, 0.25) is 0 Å². The van der Waals surface area contributed by atoms with Gasteiger partial charge in [-0.25, -0.2) is 18.4 Å². The van der Waals surface area contributed by atoms with Crippen LogP contribution in [0.25, 0.3) is 10.9 Å². The van der Waals surface area contributed by atoms with Crippen LogP contribution in [0.3, 0.4) is 0 Å². The molecule has 0 spiro atoms. The van der Waals surface area contributed by atoms with Crippen LogP contribution in [-0.4, -0.2) is 64.8 Å². The van der Waals surface area contributed by atoms with Gasteiger partial charge in [-0.2, -0.15) is 0 Å². The molecule has 0 aliphatic carbocycles. The van der Waals surface area contributed by atoms with Crippen molar-refractivity contribution in [3.63, 3.8) is 0 Å². The summed E-state index contributed by atoms with van der Waals surface area (Å²) in [6, 6.07) is 9.47. The van der Waals surface area contributed by atoms with Crippen molar-refractivity contribution in [3.8, 4) is 17.2 Å². The summed E-state index contributed by atoms with van der Waals surface area (Å²) in [5, 5.41) is 0.497. The quantitative estimate of drug-likeness (QED) is 0.474. The smallest absolute Gasteiger partial charge is 0.263 e. The molecule has 0 fully saturated rings. The highest BCUT2D eigenvalue weighted by atomic mass is 32.2. The molecule has 1 aromatic heterocycles. The van der Waals surface area contributed by atoms with Crippen LogP contribution in [0.15, 0.2) is 47.6 Å². The summed E-state index contributed by atoms with van der Waals surface area (Å²) in [6.07, 6.45) is 2.15. The Bertz CT molecular complexity index is 1130. The highest BCUT2D eigenvalue weighted by molar-refractivity contribution is 7.92. The van der Waals surface area contributed by atoms with Crippen molar-refractivity contribution >= 4 is 26.7 Å². The lowest BCUT2D eigenvalue weighted by molar-refractivity contribution is 0.268. The van der Waals surface area contributed by atoms with Crippen LogP contribution in [0.4, 0.5) is 5.82 Å². The van der Waals surface area contributed by atoms with Gasteiger partial charge in [0.25, 0.3) is 10.0 Å². The number of aromatic nitrogens is 2. The van der Waals surface area contributed by atoms with E-state index in [9.17, 15) is 8.42 Å². The van der Waals surface area contributed by atoms with E-state index in [0.717, 1.165) is 13.0 Å². The molecule has 10 heteroatoms. The SMILES string of the molecule is COc1ccc(S(=O)(=O)Nc2ncnc3cc(OCCCN(C)C)c(OC)cc23)cc1. The normalized spacial score (nSPS) is 11.5. The number of methoxy groups -OCH3 is 2. The van der Waals surface area contributed by atoms with Crippen LogP contribution >= 0.6 is 0 Å². The van der Waals surface area contributed by atoms with Gasteiger partial charge in [0.15, 0.2) is 17.3 Å². The first-order chi connectivity index (χ1) is 14.8. The molecule has 1 N–H and O–H groups in total. The van der Waals surface area contributed by atoms with Crippen molar-refractivity contribution in [1.82, 2.24) is 14.9 Å². The zero-order chi connectivity index (χ0) is 22.4. The van der Waals surface area contributed by atoms with Crippen LogP contribution in [0.1, 0.15) is 6.42 Å². The van der Waals surface area contributed by atoms with E-state index in [1.54, 1.807) is 24.3 Å². The molecule has 0 aliphatic heterocycles. The average Bonchev–Trinajstić information content (AvgIpc) is 2.76. The Kier molecular flexibility index (Phi) is 7.13. The summed E-state index contributed by atoms with van der Waals surface area (Å²) in [5.41, 5.74) is 0.533. The second kappa shape index (κ2) is 9.80. The predicted molar refractivity (Wildman–Crippen MR) is 119 cm³/mol. The average molecular weight is 447 g/mol. The lowest BCUT2D eigenvalue weighted by atomic mass is 10.2. The van der Waals surface area contributed by atoms with E-state index in [1.807, 2.05) is 14.1 Å². The van der Waals surface area contributed by atoms with Crippen molar-refractivity contribution < 1.29 is 22.6 Å². The van der Waals surface area contributed by atoms with E-state index >= 15 is 0 Å². The molecule has 0 radical (unpaired) electrons. The molecule has 0 unspecified atom stereocenters. The Balaban J connectivity index is 1.89. The molecule has 31 heavy (non-hydrogen) atoms. The van der Waals surface area contributed by atoms with Crippen molar-refractivity contribution in [2.75, 3.05) is 46.2 Å². The first kappa shape index (κ1) is 22.6. The van der Waals surface area contributed by atoms with Gasteiger partial charge in [-0.15, -0.1) is 0 Å². The monoisotopic (exact) mass is 446 g/mol. The van der Waals surface area contributed by atoms with Crippen LogP contribution in [-0.2, 0) is 10.0 Å². The van der Waals surface area contributed by atoms with E-state index in [1.165, 1.54) is 32.7 Å². The molecular formula is C21H26N4O5S. The van der Waals surface area contributed by atoms with Gasteiger partial charge in [0, 0.05) is 18.0 Å². The van der Waals surface area contributed by atoms with Crippen LogP contribution in [0.5, 0.6) is 17.2 Å². The number of nitrogens with one attached hydrogen (secondary N) is 1. The summed E-state index contributed by atoms with van der Waals surface area (Å²) in [4.78, 5) is 10.5. The maximum atomic E-state index is 12.8. The highest BCUT2D eigenvalue weighted by Gasteiger charge is 2.18. The first-order valence-corrected chi connectivity index (χ1v) is 11.1. The number of nitrogens with zero attached hydrogens (tertiary/aromatic N) is 3. The van der Waals surface area contributed by atoms with Crippen molar-refractivity contribution in [2.24, 2.45) is 0 Å². The van der Waals surface area contributed by atoms with E-state index in [4.69, 9.17) is 14.2 Å². The highest BCUT2D eigenvalue weighted by Crippen LogP contribution is 2.34.